The molecule has 0 aliphatic heterocycles. The number of amides is 1. The number of rotatable bonds is 5. The summed E-state index contributed by atoms with van der Waals surface area (Å²) in [4.78, 5) is 12.2. The Balaban J connectivity index is 1.44. The van der Waals surface area contributed by atoms with Crippen LogP contribution in [0.2, 0.25) is 0 Å². The molecule has 3 rings (SSSR count). The normalized spacial score (nSPS) is 41.9. The minimum atomic E-state index is 0.115. The highest BCUT2D eigenvalue weighted by Crippen LogP contribution is 2.69. The fourth-order valence-electron chi connectivity index (χ4n) is 4.71. The zero-order valence-electron chi connectivity index (χ0n) is 11.6. The van der Waals surface area contributed by atoms with E-state index in [1.165, 1.54) is 19.3 Å². The van der Waals surface area contributed by atoms with Crippen LogP contribution in [0, 0.1) is 35.5 Å². The van der Waals surface area contributed by atoms with Gasteiger partial charge in [0.2, 0.25) is 5.91 Å². The van der Waals surface area contributed by atoms with Gasteiger partial charge in [-0.05, 0) is 55.3 Å². The van der Waals surface area contributed by atoms with Gasteiger partial charge in [-0.3, -0.25) is 4.79 Å². The van der Waals surface area contributed by atoms with Crippen LogP contribution < -0.4 is 11.1 Å². The summed E-state index contributed by atoms with van der Waals surface area (Å²) in [6.45, 7) is 5.00. The lowest BCUT2D eigenvalue weighted by Crippen LogP contribution is -2.39. The maximum absolute atomic E-state index is 12.2. The number of nitrogens with two attached hydrogens (primary N) is 1. The highest BCUT2D eigenvalue weighted by Gasteiger charge is 2.67. The van der Waals surface area contributed by atoms with Gasteiger partial charge in [-0.1, -0.05) is 13.8 Å². The number of carbonyl (C=O) groups is 1. The minimum Gasteiger partial charge on any atom is -0.354 e. The zero-order valence-corrected chi connectivity index (χ0v) is 11.6. The van der Waals surface area contributed by atoms with E-state index in [1.54, 1.807) is 0 Å². The van der Waals surface area contributed by atoms with Gasteiger partial charge in [0.05, 0.1) is 0 Å². The average molecular weight is 250 g/mol. The summed E-state index contributed by atoms with van der Waals surface area (Å²) >= 11 is 0. The van der Waals surface area contributed by atoms with Crippen LogP contribution in [0.1, 0.15) is 39.5 Å². The van der Waals surface area contributed by atoms with Gasteiger partial charge in [0.1, 0.15) is 0 Å². The summed E-state index contributed by atoms with van der Waals surface area (Å²) in [5.41, 5.74) is 6.01. The molecule has 0 radical (unpaired) electrons. The summed E-state index contributed by atoms with van der Waals surface area (Å²) in [5.74, 6) is 4.48. The molecule has 3 nitrogen and oxygen atoms in total. The third-order valence-corrected chi connectivity index (χ3v) is 5.35. The summed E-state index contributed by atoms with van der Waals surface area (Å²) in [5, 5.41) is 3.08. The molecule has 3 saturated carbocycles. The van der Waals surface area contributed by atoms with Crippen LogP contribution in [-0.2, 0) is 4.79 Å². The van der Waals surface area contributed by atoms with Crippen LogP contribution in [0.15, 0.2) is 0 Å². The number of carbonyl (C=O) groups excluding carboxylic acids is 1. The molecule has 5 unspecified atom stereocenters. The van der Waals surface area contributed by atoms with Crippen LogP contribution in [0.4, 0.5) is 0 Å². The molecule has 0 saturated heterocycles. The van der Waals surface area contributed by atoms with Crippen molar-refractivity contribution in [3.63, 3.8) is 0 Å². The molecule has 2 bridgehead atoms. The SMILES string of the molecule is CC(C)CC(N)CNC(=O)C1C2C3CCC(C3)C12. The van der Waals surface area contributed by atoms with E-state index in [0.717, 1.165) is 30.1 Å². The van der Waals surface area contributed by atoms with Crippen molar-refractivity contribution < 1.29 is 4.79 Å². The molecule has 0 aromatic rings. The largest absolute Gasteiger partial charge is 0.354 e. The van der Waals surface area contributed by atoms with Crippen molar-refractivity contribution in [2.75, 3.05) is 6.54 Å². The maximum atomic E-state index is 12.2. The molecule has 3 aliphatic rings. The van der Waals surface area contributed by atoms with Crippen LogP contribution in [0.5, 0.6) is 0 Å². The molecule has 1 amide bonds. The van der Waals surface area contributed by atoms with Crippen LogP contribution in [0.25, 0.3) is 0 Å². The summed E-state index contributed by atoms with van der Waals surface area (Å²) in [6, 6.07) is 0.115. The molecule has 102 valence electrons. The van der Waals surface area contributed by atoms with Gasteiger partial charge in [0.15, 0.2) is 0 Å². The Kier molecular flexibility index (Phi) is 3.13. The average Bonchev–Trinajstić information content (AvgIpc) is 2.74. The third-order valence-electron chi connectivity index (χ3n) is 5.35. The first-order valence-corrected chi connectivity index (χ1v) is 7.61. The van der Waals surface area contributed by atoms with Crippen LogP contribution >= 0.6 is 0 Å². The van der Waals surface area contributed by atoms with E-state index in [9.17, 15) is 4.79 Å². The third kappa shape index (κ3) is 2.07. The van der Waals surface area contributed by atoms with E-state index in [4.69, 9.17) is 5.73 Å². The number of fused-ring (bicyclic) bond motifs is 5. The molecule has 0 aromatic carbocycles. The highest BCUT2D eigenvalue weighted by atomic mass is 16.2. The summed E-state index contributed by atoms with van der Waals surface area (Å²) < 4.78 is 0. The summed E-state index contributed by atoms with van der Waals surface area (Å²) in [7, 11) is 0. The fraction of sp³-hybridized carbons (Fsp3) is 0.933. The molecule has 3 heteroatoms. The molecular formula is C15H26N2O. The molecule has 0 heterocycles. The van der Waals surface area contributed by atoms with Gasteiger partial charge in [-0.15, -0.1) is 0 Å². The van der Waals surface area contributed by atoms with Gasteiger partial charge in [-0.25, -0.2) is 0 Å². The fourth-order valence-corrected chi connectivity index (χ4v) is 4.71. The van der Waals surface area contributed by atoms with Crippen LogP contribution in [-0.4, -0.2) is 18.5 Å². The van der Waals surface area contributed by atoms with E-state index < -0.39 is 0 Å². The molecule has 5 atom stereocenters. The Bertz CT molecular complexity index is 325. The Morgan fingerprint density at radius 1 is 1.28 bits per heavy atom. The van der Waals surface area contributed by atoms with Crippen molar-refractivity contribution in [3.8, 4) is 0 Å². The Morgan fingerprint density at radius 2 is 1.89 bits per heavy atom. The molecule has 3 aliphatic carbocycles. The number of nitrogens with one attached hydrogen (secondary N) is 1. The number of hydrogen-bond acceptors (Lipinski definition) is 2. The predicted molar refractivity (Wildman–Crippen MR) is 71.7 cm³/mol. The van der Waals surface area contributed by atoms with Crippen molar-refractivity contribution >= 4 is 5.91 Å². The van der Waals surface area contributed by atoms with Gasteiger partial charge in [0.25, 0.3) is 0 Å². The van der Waals surface area contributed by atoms with Crippen molar-refractivity contribution in [1.29, 1.82) is 0 Å². The van der Waals surface area contributed by atoms with E-state index >= 15 is 0 Å². The second-order valence-electron chi connectivity index (χ2n) is 7.15. The monoisotopic (exact) mass is 250 g/mol. The Hall–Kier alpha value is -0.570. The Morgan fingerprint density at radius 3 is 2.44 bits per heavy atom. The second-order valence-corrected chi connectivity index (χ2v) is 7.15. The molecular weight excluding hydrogens is 224 g/mol. The highest BCUT2D eigenvalue weighted by molar-refractivity contribution is 5.82. The first-order valence-electron chi connectivity index (χ1n) is 7.61. The molecule has 3 fully saturated rings. The van der Waals surface area contributed by atoms with Gasteiger partial charge in [0, 0.05) is 18.5 Å². The molecule has 18 heavy (non-hydrogen) atoms. The topological polar surface area (TPSA) is 55.1 Å². The second kappa shape index (κ2) is 4.52. The Labute approximate surface area is 110 Å². The van der Waals surface area contributed by atoms with Crippen molar-refractivity contribution in [1.82, 2.24) is 5.32 Å². The van der Waals surface area contributed by atoms with E-state index in [1.807, 2.05) is 0 Å². The van der Waals surface area contributed by atoms with Gasteiger partial charge < -0.3 is 11.1 Å². The maximum Gasteiger partial charge on any atom is 0.223 e. The van der Waals surface area contributed by atoms with Crippen molar-refractivity contribution in [3.05, 3.63) is 0 Å². The smallest absolute Gasteiger partial charge is 0.223 e. The zero-order chi connectivity index (χ0) is 12.9. The lowest BCUT2D eigenvalue weighted by atomic mass is 10.0. The summed E-state index contributed by atoms with van der Waals surface area (Å²) in [6.07, 6.45) is 5.15. The van der Waals surface area contributed by atoms with E-state index in [2.05, 4.69) is 19.2 Å². The lowest BCUT2D eigenvalue weighted by molar-refractivity contribution is -0.123. The predicted octanol–water partition coefficient (Wildman–Crippen LogP) is 1.77. The standard InChI is InChI=1S/C15H26N2O/c1-8(2)5-11(16)7-17-15(18)14-12-9-3-4-10(6-9)13(12)14/h8-14H,3-7,16H2,1-2H3,(H,17,18). The molecule has 3 N–H and O–H groups in total. The van der Waals surface area contributed by atoms with Crippen molar-refractivity contribution in [2.45, 2.75) is 45.6 Å². The van der Waals surface area contributed by atoms with Gasteiger partial charge in [-0.2, -0.15) is 0 Å². The first-order chi connectivity index (χ1) is 8.58. The number of hydrogen-bond donors (Lipinski definition) is 2. The van der Waals surface area contributed by atoms with E-state index in [0.29, 0.717) is 24.3 Å². The van der Waals surface area contributed by atoms with Crippen LogP contribution in [0.3, 0.4) is 0 Å². The lowest BCUT2D eigenvalue weighted by Gasteiger charge is -2.15. The molecule has 0 spiro atoms. The quantitative estimate of drug-likeness (QED) is 0.781. The van der Waals surface area contributed by atoms with Crippen molar-refractivity contribution in [2.24, 2.45) is 41.2 Å². The van der Waals surface area contributed by atoms with Gasteiger partial charge >= 0.3 is 0 Å². The molecule has 0 aromatic heterocycles. The van der Waals surface area contributed by atoms with E-state index in [-0.39, 0.29) is 6.04 Å². The first kappa shape index (κ1) is 12.5. The minimum absolute atomic E-state index is 0.115.